The lowest BCUT2D eigenvalue weighted by Crippen LogP contribution is -2.14. The summed E-state index contributed by atoms with van der Waals surface area (Å²) in [5.74, 6) is 0. The van der Waals surface area contributed by atoms with E-state index in [1.54, 1.807) is 0 Å². The van der Waals surface area contributed by atoms with Gasteiger partial charge in [0, 0.05) is 23.6 Å². The standard InChI is InChI=1S/C12H16N2.C2H6/c1-14(2)8-7-10-9-13-12-6-4-3-5-11(10)12;1-2/h3-6,9,13H,7-8H2,1-2H3;1-2H3. The Bertz CT molecular complexity index is 415. The molecule has 0 unspecified atom stereocenters. The molecule has 16 heavy (non-hydrogen) atoms. The van der Waals surface area contributed by atoms with Gasteiger partial charge in [0.15, 0.2) is 0 Å². The maximum absolute atomic E-state index is 3.29. The fraction of sp³-hybridized carbons (Fsp3) is 0.429. The highest BCUT2D eigenvalue weighted by molar-refractivity contribution is 5.83. The number of hydrogen-bond acceptors (Lipinski definition) is 1. The molecule has 0 saturated heterocycles. The minimum Gasteiger partial charge on any atom is -0.361 e. The molecule has 1 aromatic carbocycles. The van der Waals surface area contributed by atoms with Gasteiger partial charge < -0.3 is 9.88 Å². The Morgan fingerprint density at radius 2 is 1.81 bits per heavy atom. The van der Waals surface area contributed by atoms with E-state index in [1.165, 1.54) is 16.5 Å². The fourth-order valence-electron chi connectivity index (χ4n) is 1.68. The third-order valence-corrected chi connectivity index (χ3v) is 2.50. The van der Waals surface area contributed by atoms with Gasteiger partial charge in [0.2, 0.25) is 0 Å². The Hall–Kier alpha value is -1.28. The smallest absolute Gasteiger partial charge is 0.0456 e. The number of aromatic nitrogens is 1. The van der Waals surface area contributed by atoms with E-state index >= 15 is 0 Å². The predicted octanol–water partition coefficient (Wildman–Crippen LogP) is 3.30. The van der Waals surface area contributed by atoms with E-state index in [0.29, 0.717) is 0 Å². The van der Waals surface area contributed by atoms with Crippen LogP contribution in [0.15, 0.2) is 30.5 Å². The Morgan fingerprint density at radius 1 is 1.12 bits per heavy atom. The molecule has 0 bridgehead atoms. The molecule has 2 aromatic rings. The number of fused-ring (bicyclic) bond motifs is 1. The summed E-state index contributed by atoms with van der Waals surface area (Å²) in [7, 11) is 4.21. The van der Waals surface area contributed by atoms with Gasteiger partial charge in [0.1, 0.15) is 0 Å². The summed E-state index contributed by atoms with van der Waals surface area (Å²) in [6.07, 6.45) is 3.23. The summed E-state index contributed by atoms with van der Waals surface area (Å²) < 4.78 is 0. The quantitative estimate of drug-likeness (QED) is 0.837. The average Bonchev–Trinajstić information content (AvgIpc) is 2.72. The molecule has 2 heteroatoms. The maximum atomic E-state index is 3.29. The Balaban J connectivity index is 0.000000606. The van der Waals surface area contributed by atoms with Crippen LogP contribution >= 0.6 is 0 Å². The van der Waals surface area contributed by atoms with Crippen molar-refractivity contribution in [3.8, 4) is 0 Å². The van der Waals surface area contributed by atoms with Crippen molar-refractivity contribution in [3.05, 3.63) is 36.0 Å². The third-order valence-electron chi connectivity index (χ3n) is 2.50. The van der Waals surface area contributed by atoms with Gasteiger partial charge in [-0.05, 0) is 32.1 Å². The van der Waals surface area contributed by atoms with Crippen molar-refractivity contribution in [2.24, 2.45) is 0 Å². The van der Waals surface area contributed by atoms with Gasteiger partial charge in [-0.15, -0.1) is 0 Å². The van der Waals surface area contributed by atoms with Gasteiger partial charge in [-0.25, -0.2) is 0 Å². The molecule has 0 saturated carbocycles. The number of nitrogens with one attached hydrogen (secondary N) is 1. The molecule has 0 spiro atoms. The predicted molar refractivity (Wildman–Crippen MR) is 71.9 cm³/mol. The number of aromatic amines is 1. The van der Waals surface area contributed by atoms with Crippen molar-refractivity contribution in [3.63, 3.8) is 0 Å². The topological polar surface area (TPSA) is 19.0 Å². The fourth-order valence-corrected chi connectivity index (χ4v) is 1.68. The highest BCUT2D eigenvalue weighted by Crippen LogP contribution is 2.17. The van der Waals surface area contributed by atoms with E-state index in [2.05, 4.69) is 54.4 Å². The number of para-hydroxylation sites is 1. The van der Waals surface area contributed by atoms with Crippen LogP contribution in [0.3, 0.4) is 0 Å². The summed E-state index contributed by atoms with van der Waals surface area (Å²) in [4.78, 5) is 5.50. The molecule has 1 N–H and O–H groups in total. The van der Waals surface area contributed by atoms with Gasteiger partial charge in [-0.1, -0.05) is 32.0 Å². The third kappa shape index (κ3) is 3.11. The first-order valence-corrected chi connectivity index (χ1v) is 5.97. The first-order chi connectivity index (χ1) is 7.77. The molecule has 0 amide bonds. The number of nitrogens with zero attached hydrogens (tertiary/aromatic N) is 1. The van der Waals surface area contributed by atoms with Crippen LogP contribution < -0.4 is 0 Å². The molecule has 2 rings (SSSR count). The highest BCUT2D eigenvalue weighted by atomic mass is 15.0. The molecule has 0 atom stereocenters. The van der Waals surface area contributed by atoms with Crippen LogP contribution in [0.2, 0.25) is 0 Å². The van der Waals surface area contributed by atoms with Crippen molar-refractivity contribution in [1.82, 2.24) is 9.88 Å². The zero-order valence-corrected chi connectivity index (χ0v) is 10.7. The maximum Gasteiger partial charge on any atom is 0.0456 e. The van der Waals surface area contributed by atoms with Gasteiger partial charge >= 0.3 is 0 Å². The second kappa shape index (κ2) is 6.33. The number of benzene rings is 1. The molecule has 2 nitrogen and oxygen atoms in total. The number of rotatable bonds is 3. The lowest BCUT2D eigenvalue weighted by atomic mass is 10.1. The van der Waals surface area contributed by atoms with Crippen LogP contribution in [0.1, 0.15) is 19.4 Å². The summed E-state index contributed by atoms with van der Waals surface area (Å²) in [5.41, 5.74) is 2.65. The summed E-state index contributed by atoms with van der Waals surface area (Å²) in [6.45, 7) is 5.10. The van der Waals surface area contributed by atoms with E-state index in [9.17, 15) is 0 Å². The van der Waals surface area contributed by atoms with Crippen LogP contribution in [0.25, 0.3) is 10.9 Å². The number of likely N-dealkylation sites (N-methyl/N-ethyl adjacent to an activating group) is 1. The Labute approximate surface area is 98.3 Å². The molecule has 0 aliphatic heterocycles. The molecular formula is C14H22N2. The van der Waals surface area contributed by atoms with Crippen LogP contribution in [0, 0.1) is 0 Å². The first kappa shape index (κ1) is 12.8. The monoisotopic (exact) mass is 218 g/mol. The lowest BCUT2D eigenvalue weighted by molar-refractivity contribution is 0.414. The average molecular weight is 218 g/mol. The summed E-state index contributed by atoms with van der Waals surface area (Å²) >= 11 is 0. The zero-order chi connectivity index (χ0) is 12.0. The van der Waals surface area contributed by atoms with E-state index < -0.39 is 0 Å². The molecule has 0 aliphatic rings. The zero-order valence-electron chi connectivity index (χ0n) is 10.7. The van der Waals surface area contributed by atoms with Crippen molar-refractivity contribution in [1.29, 1.82) is 0 Å². The number of hydrogen-bond donors (Lipinski definition) is 1. The normalized spacial score (nSPS) is 10.3. The van der Waals surface area contributed by atoms with E-state index in [-0.39, 0.29) is 0 Å². The molecule has 0 aliphatic carbocycles. The Kier molecular flexibility index (Phi) is 5.06. The highest BCUT2D eigenvalue weighted by Gasteiger charge is 2.02. The van der Waals surface area contributed by atoms with Crippen molar-refractivity contribution >= 4 is 10.9 Å². The second-order valence-electron chi connectivity index (χ2n) is 3.91. The summed E-state index contributed by atoms with van der Waals surface area (Å²) in [6, 6.07) is 8.45. The second-order valence-corrected chi connectivity index (χ2v) is 3.91. The largest absolute Gasteiger partial charge is 0.361 e. The van der Waals surface area contributed by atoms with Crippen molar-refractivity contribution in [2.75, 3.05) is 20.6 Å². The van der Waals surface area contributed by atoms with Crippen LogP contribution in [-0.4, -0.2) is 30.5 Å². The van der Waals surface area contributed by atoms with E-state index in [0.717, 1.165) is 13.0 Å². The SMILES string of the molecule is CC.CN(C)CCc1c[nH]c2ccccc12. The molecule has 0 radical (unpaired) electrons. The van der Waals surface area contributed by atoms with Gasteiger partial charge in [-0.2, -0.15) is 0 Å². The van der Waals surface area contributed by atoms with Crippen LogP contribution in [0.4, 0.5) is 0 Å². The molecule has 1 heterocycles. The van der Waals surface area contributed by atoms with Crippen molar-refractivity contribution < 1.29 is 0 Å². The molecule has 0 fully saturated rings. The summed E-state index contributed by atoms with van der Waals surface area (Å²) in [5, 5.41) is 1.36. The molecular weight excluding hydrogens is 196 g/mol. The molecule has 1 aromatic heterocycles. The van der Waals surface area contributed by atoms with Crippen LogP contribution in [0.5, 0.6) is 0 Å². The number of H-pyrrole nitrogens is 1. The molecule has 88 valence electrons. The van der Waals surface area contributed by atoms with Crippen molar-refractivity contribution in [2.45, 2.75) is 20.3 Å². The minimum absolute atomic E-state index is 1.10. The Morgan fingerprint density at radius 3 is 2.50 bits per heavy atom. The van der Waals surface area contributed by atoms with E-state index in [4.69, 9.17) is 0 Å². The van der Waals surface area contributed by atoms with Gasteiger partial charge in [0.25, 0.3) is 0 Å². The van der Waals surface area contributed by atoms with Crippen LogP contribution in [-0.2, 0) is 6.42 Å². The van der Waals surface area contributed by atoms with Gasteiger partial charge in [0.05, 0.1) is 0 Å². The van der Waals surface area contributed by atoms with E-state index in [1.807, 2.05) is 13.8 Å². The minimum atomic E-state index is 1.10. The first-order valence-electron chi connectivity index (χ1n) is 5.97. The lowest BCUT2D eigenvalue weighted by Gasteiger charge is -2.07. The van der Waals surface area contributed by atoms with Gasteiger partial charge in [-0.3, -0.25) is 0 Å².